The minimum absolute atomic E-state index is 0.125. The maximum Gasteiger partial charge on any atom is 0.256 e. The smallest absolute Gasteiger partial charge is 0.256 e. The van der Waals surface area contributed by atoms with Crippen LogP contribution >= 0.6 is 11.6 Å². The zero-order chi connectivity index (χ0) is 15.4. The normalized spacial score (nSPS) is 11.9. The molecule has 0 radical (unpaired) electrons. The molecule has 0 saturated carbocycles. The Balaban J connectivity index is 2.44. The van der Waals surface area contributed by atoms with Crippen LogP contribution in [0.15, 0.2) is 30.5 Å². The molecule has 1 heterocycles. The van der Waals surface area contributed by atoms with Crippen LogP contribution < -0.4 is 0 Å². The first-order valence-corrected chi connectivity index (χ1v) is 7.18. The molecule has 2 rings (SSSR count). The maximum absolute atomic E-state index is 12.7. The second-order valence-electron chi connectivity index (χ2n) is 4.87. The molecule has 1 atom stereocenters. The summed E-state index contributed by atoms with van der Waals surface area (Å²) in [4.78, 5) is 18.6. The van der Waals surface area contributed by atoms with Crippen LogP contribution in [-0.4, -0.2) is 28.9 Å². The highest BCUT2D eigenvalue weighted by Gasteiger charge is 2.20. The number of rotatable bonds is 4. The summed E-state index contributed by atoms with van der Waals surface area (Å²) in [5.41, 5.74) is 1.11. The fourth-order valence-corrected chi connectivity index (χ4v) is 2.42. The van der Waals surface area contributed by atoms with E-state index >= 15 is 0 Å². The summed E-state index contributed by atoms with van der Waals surface area (Å²) in [7, 11) is 0. The van der Waals surface area contributed by atoms with E-state index < -0.39 is 0 Å². The van der Waals surface area contributed by atoms with Crippen molar-refractivity contribution in [2.24, 2.45) is 5.92 Å². The highest BCUT2D eigenvalue weighted by molar-refractivity contribution is 6.36. The highest BCUT2D eigenvalue weighted by Crippen LogP contribution is 2.25. The van der Waals surface area contributed by atoms with Gasteiger partial charge in [-0.25, -0.2) is 0 Å². The highest BCUT2D eigenvalue weighted by atomic mass is 35.5. The van der Waals surface area contributed by atoms with Gasteiger partial charge < -0.3 is 4.90 Å². The summed E-state index contributed by atoms with van der Waals surface area (Å²) in [6, 6.07) is 9.19. The van der Waals surface area contributed by atoms with Crippen molar-refractivity contribution in [2.75, 3.05) is 13.1 Å². The number of nitrogens with zero attached hydrogens (tertiary/aromatic N) is 3. The number of carbonyl (C=O) groups excluding carboxylic acids is 1. The molecule has 2 aromatic rings. The fraction of sp³-hybridized carbons (Fsp3) is 0.312. The summed E-state index contributed by atoms with van der Waals surface area (Å²) in [5, 5.41) is 10.3. The van der Waals surface area contributed by atoms with Crippen molar-refractivity contribution >= 4 is 28.4 Å². The molecule has 108 valence electrons. The molecule has 0 aliphatic carbocycles. The van der Waals surface area contributed by atoms with Crippen molar-refractivity contribution < 1.29 is 4.79 Å². The summed E-state index contributed by atoms with van der Waals surface area (Å²) in [5.74, 6) is -0.333. The molecule has 0 spiro atoms. The average molecular weight is 302 g/mol. The minimum atomic E-state index is -0.208. The standard InChI is InChI=1S/C16H16ClN3O/c1-3-20(10-11(2)9-18)16(21)13-6-7-14(17)12-5-4-8-19-15(12)13/h4-8,11H,3,10H2,1-2H3/t11-/m1/s1. The van der Waals surface area contributed by atoms with Crippen molar-refractivity contribution in [3.8, 4) is 6.07 Å². The lowest BCUT2D eigenvalue weighted by Gasteiger charge is -2.22. The van der Waals surface area contributed by atoms with Crippen LogP contribution in [-0.2, 0) is 0 Å². The van der Waals surface area contributed by atoms with E-state index in [9.17, 15) is 4.79 Å². The lowest BCUT2D eigenvalue weighted by atomic mass is 10.1. The summed E-state index contributed by atoms with van der Waals surface area (Å²) < 4.78 is 0. The van der Waals surface area contributed by atoms with Gasteiger partial charge in [0.1, 0.15) is 0 Å². The molecule has 1 amide bonds. The van der Waals surface area contributed by atoms with Crippen LogP contribution in [0.25, 0.3) is 10.9 Å². The van der Waals surface area contributed by atoms with Crippen LogP contribution in [0.2, 0.25) is 5.02 Å². The van der Waals surface area contributed by atoms with E-state index in [2.05, 4.69) is 11.1 Å². The Bertz CT molecular complexity index is 708. The van der Waals surface area contributed by atoms with E-state index in [0.717, 1.165) is 5.39 Å². The van der Waals surface area contributed by atoms with Gasteiger partial charge in [-0.15, -0.1) is 0 Å². The Kier molecular flexibility index (Phi) is 4.77. The molecule has 21 heavy (non-hydrogen) atoms. The lowest BCUT2D eigenvalue weighted by Crippen LogP contribution is -2.34. The molecule has 0 fully saturated rings. The molecule has 0 saturated heterocycles. The SMILES string of the molecule is CCN(C[C@H](C)C#N)C(=O)c1ccc(Cl)c2cccnc12. The Hall–Kier alpha value is -2.12. The van der Waals surface area contributed by atoms with Crippen molar-refractivity contribution in [3.63, 3.8) is 0 Å². The first-order valence-electron chi connectivity index (χ1n) is 6.80. The fourth-order valence-electron chi connectivity index (χ4n) is 2.21. The van der Waals surface area contributed by atoms with E-state index in [1.165, 1.54) is 0 Å². The molecule has 5 heteroatoms. The molecular weight excluding hydrogens is 286 g/mol. The van der Waals surface area contributed by atoms with Gasteiger partial charge in [-0.3, -0.25) is 9.78 Å². The van der Waals surface area contributed by atoms with E-state index in [1.54, 1.807) is 36.2 Å². The number of hydrogen-bond acceptors (Lipinski definition) is 3. The Labute approximate surface area is 129 Å². The zero-order valence-electron chi connectivity index (χ0n) is 12.0. The number of carbonyl (C=O) groups is 1. The summed E-state index contributed by atoms with van der Waals surface area (Å²) in [6.45, 7) is 4.65. The monoisotopic (exact) mass is 301 g/mol. The Morgan fingerprint density at radius 1 is 1.48 bits per heavy atom. The van der Waals surface area contributed by atoms with Crippen LogP contribution in [0, 0.1) is 17.2 Å². The molecule has 0 aliphatic rings. The van der Waals surface area contributed by atoms with Crippen molar-refractivity contribution in [3.05, 3.63) is 41.0 Å². The van der Waals surface area contributed by atoms with Gasteiger partial charge in [0.25, 0.3) is 5.91 Å². The molecule has 0 bridgehead atoms. The largest absolute Gasteiger partial charge is 0.338 e. The van der Waals surface area contributed by atoms with Gasteiger partial charge in [0.15, 0.2) is 0 Å². The number of fused-ring (bicyclic) bond motifs is 1. The van der Waals surface area contributed by atoms with Gasteiger partial charge in [0.2, 0.25) is 0 Å². The van der Waals surface area contributed by atoms with Crippen LogP contribution in [0.5, 0.6) is 0 Å². The van der Waals surface area contributed by atoms with Gasteiger partial charge >= 0.3 is 0 Å². The maximum atomic E-state index is 12.7. The number of hydrogen-bond donors (Lipinski definition) is 0. The number of aromatic nitrogens is 1. The van der Waals surface area contributed by atoms with Crippen molar-refractivity contribution in [1.29, 1.82) is 5.26 Å². The van der Waals surface area contributed by atoms with Crippen molar-refractivity contribution in [1.82, 2.24) is 9.88 Å². The predicted molar refractivity (Wildman–Crippen MR) is 83.1 cm³/mol. The second-order valence-corrected chi connectivity index (χ2v) is 5.28. The number of nitriles is 1. The van der Waals surface area contributed by atoms with E-state index in [0.29, 0.717) is 29.2 Å². The molecule has 1 aromatic heterocycles. The van der Waals surface area contributed by atoms with Gasteiger partial charge in [0.05, 0.1) is 28.1 Å². The first kappa shape index (κ1) is 15.3. The predicted octanol–water partition coefficient (Wildman–Crippen LogP) is 3.51. The molecule has 0 unspecified atom stereocenters. The topological polar surface area (TPSA) is 57.0 Å². The quantitative estimate of drug-likeness (QED) is 0.868. The Morgan fingerprint density at radius 3 is 2.90 bits per heavy atom. The third-order valence-electron chi connectivity index (χ3n) is 3.33. The Morgan fingerprint density at radius 2 is 2.24 bits per heavy atom. The molecule has 0 aliphatic heterocycles. The molecule has 0 N–H and O–H groups in total. The van der Waals surface area contributed by atoms with Crippen LogP contribution in [0.3, 0.4) is 0 Å². The van der Waals surface area contributed by atoms with Gasteiger partial charge in [-0.05, 0) is 38.1 Å². The van der Waals surface area contributed by atoms with E-state index in [1.807, 2.05) is 13.0 Å². The van der Waals surface area contributed by atoms with Crippen LogP contribution in [0.1, 0.15) is 24.2 Å². The second kappa shape index (κ2) is 6.55. The first-order chi connectivity index (χ1) is 10.1. The van der Waals surface area contributed by atoms with Gasteiger partial charge in [-0.1, -0.05) is 11.6 Å². The van der Waals surface area contributed by atoms with E-state index in [-0.39, 0.29) is 11.8 Å². The lowest BCUT2D eigenvalue weighted by molar-refractivity contribution is 0.0754. The average Bonchev–Trinajstić information content (AvgIpc) is 2.52. The van der Waals surface area contributed by atoms with Crippen LogP contribution in [0.4, 0.5) is 0 Å². The third-order valence-corrected chi connectivity index (χ3v) is 3.66. The number of amides is 1. The third kappa shape index (κ3) is 3.14. The number of benzene rings is 1. The summed E-state index contributed by atoms with van der Waals surface area (Å²) in [6.07, 6.45) is 1.64. The zero-order valence-corrected chi connectivity index (χ0v) is 12.8. The molecule has 4 nitrogen and oxygen atoms in total. The summed E-state index contributed by atoms with van der Waals surface area (Å²) >= 11 is 6.15. The molecular formula is C16H16ClN3O. The number of halogens is 1. The minimum Gasteiger partial charge on any atom is -0.338 e. The van der Waals surface area contributed by atoms with Gasteiger partial charge in [0, 0.05) is 24.7 Å². The molecule has 1 aromatic carbocycles. The van der Waals surface area contributed by atoms with Crippen molar-refractivity contribution in [2.45, 2.75) is 13.8 Å². The van der Waals surface area contributed by atoms with E-state index in [4.69, 9.17) is 16.9 Å². The van der Waals surface area contributed by atoms with Gasteiger partial charge in [-0.2, -0.15) is 5.26 Å². The number of pyridine rings is 1.